The number of amidine groups is 1. The number of hydrogen-bond donors (Lipinski definition) is 0. The van der Waals surface area contributed by atoms with E-state index in [0.29, 0.717) is 18.4 Å². The number of carbonyl (C=O) groups is 2. The Morgan fingerprint density at radius 3 is 2.47 bits per heavy atom. The molecule has 2 aliphatic carbocycles. The van der Waals surface area contributed by atoms with Crippen molar-refractivity contribution in [2.45, 2.75) is 51.5 Å². The topological polar surface area (TPSA) is 53.0 Å². The van der Waals surface area contributed by atoms with Gasteiger partial charge in [0.25, 0.3) is 5.91 Å². The number of carbonyl (C=O) groups excluding carboxylic acids is 2. The van der Waals surface area contributed by atoms with Crippen LogP contribution >= 0.6 is 11.3 Å². The number of hydrogen-bond acceptors (Lipinski definition) is 4. The molecule has 1 aromatic heterocycles. The van der Waals surface area contributed by atoms with Crippen molar-refractivity contribution in [3.8, 4) is 11.1 Å². The van der Waals surface area contributed by atoms with Crippen molar-refractivity contribution in [2.75, 3.05) is 19.6 Å². The summed E-state index contributed by atoms with van der Waals surface area (Å²) in [5.74, 6) is 1.87. The number of aryl methyl sites for hydroxylation is 2. The zero-order chi connectivity index (χ0) is 24.6. The van der Waals surface area contributed by atoms with Crippen LogP contribution in [0.2, 0.25) is 0 Å². The molecule has 0 N–H and O–H groups in total. The van der Waals surface area contributed by atoms with Crippen LogP contribution in [0, 0.1) is 25.7 Å². The fourth-order valence-electron chi connectivity index (χ4n) is 5.86. The second-order valence-electron chi connectivity index (χ2n) is 11.2. The monoisotopic (exact) mass is 497 g/mol. The van der Waals surface area contributed by atoms with Crippen LogP contribution in [0.3, 0.4) is 0 Å². The number of amides is 2. The Hall–Kier alpha value is -2.99. The summed E-state index contributed by atoms with van der Waals surface area (Å²) in [5.41, 5.74) is 4.23. The summed E-state index contributed by atoms with van der Waals surface area (Å²) in [6.07, 6.45) is 4.74. The second kappa shape index (κ2) is 8.01. The maximum Gasteiger partial charge on any atom is 0.256 e. The van der Waals surface area contributed by atoms with Crippen molar-refractivity contribution >= 4 is 39.1 Å². The molecule has 0 radical (unpaired) electrons. The van der Waals surface area contributed by atoms with Crippen molar-refractivity contribution in [2.24, 2.45) is 16.8 Å². The van der Waals surface area contributed by atoms with Gasteiger partial charge in [-0.15, -0.1) is 11.3 Å². The van der Waals surface area contributed by atoms with Crippen LogP contribution in [-0.2, 0) is 9.59 Å². The van der Waals surface area contributed by atoms with Crippen LogP contribution in [0.1, 0.15) is 48.1 Å². The average Bonchev–Trinajstić information content (AvgIpc) is 3.80. The largest absolute Gasteiger partial charge is 0.342 e. The highest BCUT2D eigenvalue weighted by Crippen LogP contribution is 2.46. The smallest absolute Gasteiger partial charge is 0.256 e. The highest BCUT2D eigenvalue weighted by atomic mass is 32.1. The summed E-state index contributed by atoms with van der Waals surface area (Å²) in [6.45, 7) is 6.63. The Balaban J connectivity index is 1.13. The molecule has 1 spiro atoms. The third-order valence-corrected chi connectivity index (χ3v) is 9.75. The van der Waals surface area contributed by atoms with Crippen LogP contribution in [0.4, 0.5) is 0 Å². The van der Waals surface area contributed by atoms with E-state index in [-0.39, 0.29) is 11.8 Å². The molecule has 3 fully saturated rings. The van der Waals surface area contributed by atoms with E-state index in [9.17, 15) is 9.59 Å². The number of likely N-dealkylation sites (tertiary alicyclic amines) is 1. The molecule has 1 saturated heterocycles. The maximum absolute atomic E-state index is 13.4. The van der Waals surface area contributed by atoms with Gasteiger partial charge >= 0.3 is 0 Å². The number of aliphatic imine (C=N–C) groups is 1. The molecule has 4 aliphatic rings. The molecule has 0 bridgehead atoms. The lowest BCUT2D eigenvalue weighted by molar-refractivity contribution is -0.131. The first-order chi connectivity index (χ1) is 17.4. The zero-order valence-electron chi connectivity index (χ0n) is 20.9. The minimum atomic E-state index is -0.518. The predicted molar refractivity (Wildman–Crippen MR) is 144 cm³/mol. The second-order valence-corrected chi connectivity index (χ2v) is 12.4. The van der Waals surface area contributed by atoms with Crippen LogP contribution in [0.25, 0.3) is 21.2 Å². The summed E-state index contributed by atoms with van der Waals surface area (Å²) in [5, 5.41) is 1.33. The van der Waals surface area contributed by atoms with Crippen LogP contribution in [0.15, 0.2) is 47.5 Å². The normalized spacial score (nSPS) is 22.7. The molecule has 2 saturated carbocycles. The van der Waals surface area contributed by atoms with Crippen LogP contribution in [0.5, 0.6) is 0 Å². The van der Waals surface area contributed by atoms with Crippen molar-refractivity contribution in [3.63, 3.8) is 0 Å². The molecule has 184 valence electrons. The molecule has 6 heteroatoms. The van der Waals surface area contributed by atoms with Gasteiger partial charge in [0.15, 0.2) is 0 Å². The maximum atomic E-state index is 13.4. The van der Waals surface area contributed by atoms with Gasteiger partial charge in [-0.25, -0.2) is 0 Å². The minimum absolute atomic E-state index is 0.155. The van der Waals surface area contributed by atoms with Gasteiger partial charge in [0, 0.05) is 40.7 Å². The molecule has 2 amide bonds. The predicted octanol–water partition coefficient (Wildman–Crippen LogP) is 5.57. The molecule has 2 aromatic carbocycles. The number of nitrogens with zero attached hydrogens (tertiary/aromatic N) is 3. The third kappa shape index (κ3) is 3.61. The molecule has 0 unspecified atom stereocenters. The van der Waals surface area contributed by atoms with E-state index in [2.05, 4.69) is 56.3 Å². The Morgan fingerprint density at radius 2 is 1.75 bits per heavy atom. The van der Waals surface area contributed by atoms with Gasteiger partial charge in [-0.1, -0.05) is 30.3 Å². The quantitative estimate of drug-likeness (QED) is 0.463. The van der Waals surface area contributed by atoms with Crippen molar-refractivity contribution < 1.29 is 9.59 Å². The van der Waals surface area contributed by atoms with E-state index in [0.717, 1.165) is 56.6 Å². The van der Waals surface area contributed by atoms with E-state index in [1.54, 1.807) is 0 Å². The summed E-state index contributed by atoms with van der Waals surface area (Å²) < 4.78 is 1.33. The van der Waals surface area contributed by atoms with E-state index in [4.69, 9.17) is 4.99 Å². The van der Waals surface area contributed by atoms with Crippen LogP contribution in [-0.4, -0.2) is 52.6 Å². The number of thiophene rings is 1. The number of benzene rings is 2. The highest BCUT2D eigenvalue weighted by Gasteiger charge is 2.57. The Bertz CT molecular complexity index is 1430. The highest BCUT2D eigenvalue weighted by molar-refractivity contribution is 7.19. The Morgan fingerprint density at radius 1 is 1.03 bits per heavy atom. The molecule has 3 aromatic rings. The van der Waals surface area contributed by atoms with Gasteiger partial charge in [0.05, 0.1) is 0 Å². The lowest BCUT2D eigenvalue weighted by Crippen LogP contribution is -2.40. The average molecular weight is 498 g/mol. The molecule has 1 atom stereocenters. The summed E-state index contributed by atoms with van der Waals surface area (Å²) in [6, 6.07) is 15.2. The van der Waals surface area contributed by atoms with Gasteiger partial charge in [0.1, 0.15) is 11.4 Å². The van der Waals surface area contributed by atoms with Gasteiger partial charge in [-0.05, 0) is 86.1 Å². The number of fused-ring (bicyclic) bond motifs is 1. The summed E-state index contributed by atoms with van der Waals surface area (Å²) in [4.78, 5) is 36.2. The molecular formula is C30H31N3O2S. The van der Waals surface area contributed by atoms with Crippen molar-refractivity contribution in [1.29, 1.82) is 0 Å². The van der Waals surface area contributed by atoms with Gasteiger partial charge < -0.3 is 4.90 Å². The van der Waals surface area contributed by atoms with E-state index in [1.165, 1.54) is 31.7 Å². The van der Waals surface area contributed by atoms with Gasteiger partial charge in [0.2, 0.25) is 5.91 Å². The first-order valence-electron chi connectivity index (χ1n) is 13.2. The molecule has 2 aliphatic heterocycles. The van der Waals surface area contributed by atoms with Gasteiger partial charge in [-0.3, -0.25) is 19.5 Å². The van der Waals surface area contributed by atoms with Crippen LogP contribution < -0.4 is 0 Å². The molecule has 3 heterocycles. The SMILES string of the molecule is Cc1sc2ccc(-c3ccc(C4=NC5(CC5)C(=O)N4C[C@@H]4CCN(C(=O)C5CC5)C4)cc3)cc2c1C. The Kier molecular flexibility index (Phi) is 4.94. The first-order valence-corrected chi connectivity index (χ1v) is 14.0. The van der Waals surface area contributed by atoms with E-state index < -0.39 is 5.54 Å². The standard InChI is InChI=1S/C30H31N3O2S/c1-18-19(2)36-26-10-9-24(15-25(18)26)21-3-5-22(6-4-21)27-31-30(12-13-30)29(35)33(27)17-20-11-14-32(16-20)28(34)23-7-8-23/h3-6,9-10,15,20,23H,7-8,11-14,16-17H2,1-2H3/t20-/m1/s1. The van der Waals surface area contributed by atoms with Crippen molar-refractivity contribution in [3.05, 3.63) is 58.5 Å². The minimum Gasteiger partial charge on any atom is -0.342 e. The first kappa shape index (κ1) is 22.2. The number of rotatable bonds is 5. The van der Waals surface area contributed by atoms with Crippen molar-refractivity contribution in [1.82, 2.24) is 9.80 Å². The van der Waals surface area contributed by atoms with Gasteiger partial charge in [-0.2, -0.15) is 0 Å². The lowest BCUT2D eigenvalue weighted by Gasteiger charge is -2.23. The molecular weight excluding hydrogens is 466 g/mol. The third-order valence-electron chi connectivity index (χ3n) is 8.56. The fraction of sp³-hybridized carbons (Fsp3) is 0.433. The van der Waals surface area contributed by atoms with E-state index in [1.807, 2.05) is 21.1 Å². The molecule has 7 rings (SSSR count). The zero-order valence-corrected chi connectivity index (χ0v) is 21.7. The Labute approximate surface area is 215 Å². The van der Waals surface area contributed by atoms with E-state index >= 15 is 0 Å². The summed E-state index contributed by atoms with van der Waals surface area (Å²) >= 11 is 1.85. The lowest BCUT2D eigenvalue weighted by atomic mass is 10.0. The molecule has 5 nitrogen and oxygen atoms in total. The molecule has 36 heavy (non-hydrogen) atoms. The summed E-state index contributed by atoms with van der Waals surface area (Å²) in [7, 11) is 0. The fourth-order valence-corrected chi connectivity index (χ4v) is 6.91.